The summed E-state index contributed by atoms with van der Waals surface area (Å²) in [7, 11) is 1.61. The van der Waals surface area contributed by atoms with Crippen molar-refractivity contribution in [3.8, 4) is 5.75 Å². The van der Waals surface area contributed by atoms with E-state index < -0.39 is 6.04 Å². The molecule has 0 spiro atoms. The maximum absolute atomic E-state index is 12.2. The number of rotatable bonds is 3. The van der Waals surface area contributed by atoms with E-state index in [0.29, 0.717) is 0 Å². The summed E-state index contributed by atoms with van der Waals surface area (Å²) in [5, 5.41) is 0. The molecule has 3 rings (SSSR count). The molecule has 4 heteroatoms. The fourth-order valence-corrected chi connectivity index (χ4v) is 2.68. The summed E-state index contributed by atoms with van der Waals surface area (Å²) >= 11 is 0. The number of carbonyl (C=O) groups excluding carboxylic acids is 1. The number of ether oxygens (including phenoxy) is 1. The van der Waals surface area contributed by atoms with Gasteiger partial charge in [0.05, 0.1) is 13.2 Å². The van der Waals surface area contributed by atoms with Crippen LogP contribution in [0.2, 0.25) is 0 Å². The van der Waals surface area contributed by atoms with Gasteiger partial charge in [-0.05, 0) is 24.6 Å². The number of benzene rings is 2. The number of anilines is 1. The normalized spacial score (nSPS) is 21.1. The Morgan fingerprint density at radius 3 is 2.52 bits per heavy atom. The van der Waals surface area contributed by atoms with E-state index >= 15 is 0 Å². The molecule has 0 aromatic heterocycles. The number of hydrogen-bond acceptors (Lipinski definition) is 3. The zero-order valence-electron chi connectivity index (χ0n) is 12.1. The molecule has 108 valence electrons. The number of nitrogens with zero attached hydrogens (tertiary/aromatic N) is 1. The zero-order valence-corrected chi connectivity index (χ0v) is 12.1. The number of carbonyl (C=O) groups is 1. The van der Waals surface area contributed by atoms with Gasteiger partial charge in [0.25, 0.3) is 0 Å². The Bertz CT molecular complexity index is 667. The number of aryl methyl sites for hydroxylation is 1. The molecule has 2 N–H and O–H groups in total. The molecule has 4 nitrogen and oxygen atoms in total. The van der Waals surface area contributed by atoms with E-state index in [1.807, 2.05) is 55.5 Å². The molecule has 21 heavy (non-hydrogen) atoms. The largest absolute Gasteiger partial charge is 0.497 e. The van der Waals surface area contributed by atoms with E-state index in [0.717, 1.165) is 17.0 Å². The van der Waals surface area contributed by atoms with Crippen LogP contribution in [-0.4, -0.2) is 19.1 Å². The first-order valence-electron chi connectivity index (χ1n) is 6.91. The summed E-state index contributed by atoms with van der Waals surface area (Å²) < 4.78 is 5.22. The first-order chi connectivity index (χ1) is 10.1. The van der Waals surface area contributed by atoms with Gasteiger partial charge in [0, 0.05) is 11.8 Å². The lowest BCUT2D eigenvalue weighted by Crippen LogP contribution is -2.63. The van der Waals surface area contributed by atoms with Crippen LogP contribution >= 0.6 is 0 Å². The molecular formula is C17H18N2O2. The molecule has 2 aromatic rings. The fourth-order valence-electron chi connectivity index (χ4n) is 2.68. The van der Waals surface area contributed by atoms with Gasteiger partial charge in [0.1, 0.15) is 11.8 Å². The third-order valence-electron chi connectivity index (χ3n) is 3.89. The molecule has 1 aliphatic heterocycles. The highest BCUT2D eigenvalue weighted by molar-refractivity contribution is 6.05. The number of β-lactam (4-membered cyclic amide) rings is 1. The predicted octanol–water partition coefficient (Wildman–Crippen LogP) is 2.42. The Hall–Kier alpha value is -2.33. The lowest BCUT2D eigenvalue weighted by Gasteiger charge is -2.45. The molecule has 0 radical (unpaired) electrons. The van der Waals surface area contributed by atoms with E-state index in [4.69, 9.17) is 10.5 Å². The summed E-state index contributed by atoms with van der Waals surface area (Å²) in [6.07, 6.45) is 0. The van der Waals surface area contributed by atoms with Crippen LogP contribution < -0.4 is 15.4 Å². The maximum atomic E-state index is 12.2. The summed E-state index contributed by atoms with van der Waals surface area (Å²) in [5.41, 5.74) is 9.06. The third-order valence-corrected chi connectivity index (χ3v) is 3.89. The van der Waals surface area contributed by atoms with Crippen molar-refractivity contribution in [2.75, 3.05) is 12.0 Å². The number of nitrogens with two attached hydrogens (primary N) is 1. The van der Waals surface area contributed by atoms with Crippen LogP contribution in [0.1, 0.15) is 17.2 Å². The molecular weight excluding hydrogens is 264 g/mol. The van der Waals surface area contributed by atoms with Crippen LogP contribution in [-0.2, 0) is 4.79 Å². The fraction of sp³-hybridized carbons (Fsp3) is 0.235. The minimum atomic E-state index is -0.487. The molecule has 1 heterocycles. The Kier molecular flexibility index (Phi) is 3.39. The highest BCUT2D eigenvalue weighted by Crippen LogP contribution is 2.39. The van der Waals surface area contributed by atoms with Crippen molar-refractivity contribution in [3.05, 3.63) is 59.7 Å². The van der Waals surface area contributed by atoms with Crippen LogP contribution in [0.3, 0.4) is 0 Å². The van der Waals surface area contributed by atoms with Crippen molar-refractivity contribution >= 4 is 11.6 Å². The van der Waals surface area contributed by atoms with Crippen LogP contribution in [0.25, 0.3) is 0 Å². The Morgan fingerprint density at radius 2 is 1.86 bits per heavy atom. The summed E-state index contributed by atoms with van der Waals surface area (Å²) in [5.74, 6) is 0.664. The number of amides is 1. The van der Waals surface area contributed by atoms with Crippen molar-refractivity contribution in [2.24, 2.45) is 5.73 Å². The Balaban J connectivity index is 1.96. The van der Waals surface area contributed by atoms with E-state index in [-0.39, 0.29) is 11.9 Å². The molecule has 0 unspecified atom stereocenters. The Labute approximate surface area is 124 Å². The van der Waals surface area contributed by atoms with E-state index in [1.165, 1.54) is 5.56 Å². The second-order valence-electron chi connectivity index (χ2n) is 5.29. The van der Waals surface area contributed by atoms with Crippen molar-refractivity contribution < 1.29 is 9.53 Å². The van der Waals surface area contributed by atoms with Gasteiger partial charge in [0.2, 0.25) is 5.91 Å². The van der Waals surface area contributed by atoms with Crippen LogP contribution in [0.15, 0.2) is 48.5 Å². The van der Waals surface area contributed by atoms with Crippen molar-refractivity contribution in [2.45, 2.75) is 19.0 Å². The van der Waals surface area contributed by atoms with Gasteiger partial charge in [0.15, 0.2) is 0 Å². The lowest BCUT2D eigenvalue weighted by atomic mass is 9.88. The molecule has 1 aliphatic rings. The van der Waals surface area contributed by atoms with Gasteiger partial charge in [-0.3, -0.25) is 4.79 Å². The monoisotopic (exact) mass is 282 g/mol. The smallest absolute Gasteiger partial charge is 0.247 e. The molecule has 0 aliphatic carbocycles. The van der Waals surface area contributed by atoms with E-state index in [1.54, 1.807) is 12.0 Å². The summed E-state index contributed by atoms with van der Waals surface area (Å²) in [6, 6.07) is 15.0. The quantitative estimate of drug-likeness (QED) is 0.880. The minimum absolute atomic E-state index is 0.0613. The van der Waals surface area contributed by atoms with Crippen molar-refractivity contribution in [1.82, 2.24) is 0 Å². The predicted molar refractivity (Wildman–Crippen MR) is 82.4 cm³/mol. The maximum Gasteiger partial charge on any atom is 0.247 e. The van der Waals surface area contributed by atoms with Crippen molar-refractivity contribution in [3.63, 3.8) is 0 Å². The van der Waals surface area contributed by atoms with E-state index in [9.17, 15) is 4.79 Å². The standard InChI is InChI=1S/C17H18N2O2/c1-11-6-8-12(9-7-11)16-15(18)17(20)19(16)13-4-3-5-14(10-13)21-2/h3-10,15-16H,18H2,1-2H3/t15-,16+/m0/s1. The second kappa shape index (κ2) is 5.22. The average molecular weight is 282 g/mol. The van der Waals surface area contributed by atoms with E-state index in [2.05, 4.69) is 0 Å². The van der Waals surface area contributed by atoms with Crippen LogP contribution in [0, 0.1) is 6.92 Å². The Morgan fingerprint density at radius 1 is 1.14 bits per heavy atom. The molecule has 2 atom stereocenters. The molecule has 1 amide bonds. The van der Waals surface area contributed by atoms with Crippen LogP contribution in [0.5, 0.6) is 5.75 Å². The van der Waals surface area contributed by atoms with Gasteiger partial charge in [-0.25, -0.2) is 0 Å². The highest BCUT2D eigenvalue weighted by Gasteiger charge is 2.46. The molecule has 1 saturated heterocycles. The summed E-state index contributed by atoms with van der Waals surface area (Å²) in [4.78, 5) is 13.9. The topological polar surface area (TPSA) is 55.6 Å². The molecule has 2 aromatic carbocycles. The number of hydrogen-bond donors (Lipinski definition) is 1. The van der Waals surface area contributed by atoms with Crippen LogP contribution in [0.4, 0.5) is 5.69 Å². The molecule has 0 bridgehead atoms. The summed E-state index contributed by atoms with van der Waals surface area (Å²) in [6.45, 7) is 2.04. The van der Waals surface area contributed by atoms with Gasteiger partial charge < -0.3 is 15.4 Å². The third kappa shape index (κ3) is 2.28. The highest BCUT2D eigenvalue weighted by atomic mass is 16.5. The first kappa shape index (κ1) is 13.6. The van der Waals surface area contributed by atoms with Gasteiger partial charge in [-0.2, -0.15) is 0 Å². The second-order valence-corrected chi connectivity index (χ2v) is 5.29. The minimum Gasteiger partial charge on any atom is -0.497 e. The first-order valence-corrected chi connectivity index (χ1v) is 6.91. The lowest BCUT2D eigenvalue weighted by molar-refractivity contribution is -0.126. The average Bonchev–Trinajstić information content (AvgIpc) is 2.52. The zero-order chi connectivity index (χ0) is 15.0. The molecule has 1 fully saturated rings. The van der Waals surface area contributed by atoms with Crippen molar-refractivity contribution in [1.29, 1.82) is 0 Å². The van der Waals surface area contributed by atoms with Gasteiger partial charge >= 0.3 is 0 Å². The van der Waals surface area contributed by atoms with Gasteiger partial charge in [-0.15, -0.1) is 0 Å². The number of methoxy groups -OCH3 is 1. The van der Waals surface area contributed by atoms with Gasteiger partial charge in [-0.1, -0.05) is 35.9 Å². The SMILES string of the molecule is COc1cccc(N2C(=O)[C@@H](N)[C@H]2c2ccc(C)cc2)c1. The molecule has 0 saturated carbocycles.